The van der Waals surface area contributed by atoms with Crippen molar-refractivity contribution in [1.82, 2.24) is 10.6 Å². The molecule has 0 heterocycles. The second kappa shape index (κ2) is 10.7. The number of carbonyl (C=O) groups is 3. The van der Waals surface area contributed by atoms with Crippen molar-refractivity contribution >= 4 is 29.2 Å². The molecule has 2 rings (SSSR count). The van der Waals surface area contributed by atoms with E-state index >= 15 is 0 Å². The SMILES string of the molecule is C[C@H](NC(=O)C1CCC(c2ccc(Cl)cc2)CC1)C(=O)N[C@H](C(=O)CO)[C@@H](C)O. The second-order valence-electron chi connectivity index (χ2n) is 7.68. The number of hydrogen-bond acceptors (Lipinski definition) is 5. The lowest BCUT2D eigenvalue weighted by Gasteiger charge is -2.29. The topological polar surface area (TPSA) is 116 Å². The molecule has 29 heavy (non-hydrogen) atoms. The van der Waals surface area contributed by atoms with Crippen LogP contribution in [-0.2, 0) is 14.4 Å². The number of carbonyl (C=O) groups excluding carboxylic acids is 3. The van der Waals surface area contributed by atoms with Crippen molar-refractivity contribution in [3.63, 3.8) is 0 Å². The zero-order valence-electron chi connectivity index (χ0n) is 16.7. The smallest absolute Gasteiger partial charge is 0.242 e. The number of amides is 2. The summed E-state index contributed by atoms with van der Waals surface area (Å²) in [5.74, 6) is -1.23. The average molecular weight is 425 g/mol. The molecule has 0 spiro atoms. The molecule has 0 radical (unpaired) electrons. The van der Waals surface area contributed by atoms with Crippen LogP contribution >= 0.6 is 11.6 Å². The van der Waals surface area contributed by atoms with Gasteiger partial charge in [-0.25, -0.2) is 0 Å². The molecule has 0 bridgehead atoms. The van der Waals surface area contributed by atoms with Gasteiger partial charge in [-0.2, -0.15) is 0 Å². The molecule has 0 saturated heterocycles. The predicted octanol–water partition coefficient (Wildman–Crippen LogP) is 1.55. The number of benzene rings is 1. The van der Waals surface area contributed by atoms with Gasteiger partial charge >= 0.3 is 0 Å². The Morgan fingerprint density at radius 3 is 2.17 bits per heavy atom. The minimum absolute atomic E-state index is 0.166. The van der Waals surface area contributed by atoms with Crippen LogP contribution in [0.5, 0.6) is 0 Å². The van der Waals surface area contributed by atoms with Gasteiger partial charge < -0.3 is 20.8 Å². The van der Waals surface area contributed by atoms with Crippen molar-refractivity contribution < 1.29 is 24.6 Å². The normalized spacial score (nSPS) is 22.2. The van der Waals surface area contributed by atoms with Gasteiger partial charge in [0, 0.05) is 10.9 Å². The van der Waals surface area contributed by atoms with Crippen molar-refractivity contribution in [3.05, 3.63) is 34.9 Å². The highest BCUT2D eigenvalue weighted by Crippen LogP contribution is 2.36. The summed E-state index contributed by atoms with van der Waals surface area (Å²) in [6, 6.07) is 5.72. The van der Waals surface area contributed by atoms with Crippen molar-refractivity contribution in [2.75, 3.05) is 6.61 Å². The van der Waals surface area contributed by atoms with E-state index in [9.17, 15) is 19.5 Å². The van der Waals surface area contributed by atoms with Crippen LogP contribution in [0.15, 0.2) is 24.3 Å². The molecule has 0 aromatic heterocycles. The fourth-order valence-electron chi connectivity index (χ4n) is 3.67. The summed E-state index contributed by atoms with van der Waals surface area (Å²) in [6.45, 7) is 2.09. The third kappa shape index (κ3) is 6.52. The molecule has 4 N–H and O–H groups in total. The van der Waals surface area contributed by atoms with E-state index in [0.717, 1.165) is 25.7 Å². The van der Waals surface area contributed by atoms with Crippen LogP contribution in [0.25, 0.3) is 0 Å². The quantitative estimate of drug-likeness (QED) is 0.505. The summed E-state index contributed by atoms with van der Waals surface area (Å²) in [7, 11) is 0. The number of halogens is 1. The second-order valence-corrected chi connectivity index (χ2v) is 8.12. The zero-order valence-corrected chi connectivity index (χ0v) is 17.5. The van der Waals surface area contributed by atoms with Crippen molar-refractivity contribution in [2.45, 2.75) is 63.6 Å². The Morgan fingerprint density at radius 1 is 1.07 bits per heavy atom. The van der Waals surface area contributed by atoms with Crippen molar-refractivity contribution in [1.29, 1.82) is 0 Å². The Bertz CT molecular complexity index is 714. The van der Waals surface area contributed by atoms with Gasteiger partial charge in [-0.1, -0.05) is 23.7 Å². The molecule has 2 amide bonds. The first-order valence-electron chi connectivity index (χ1n) is 9.90. The lowest BCUT2D eigenvalue weighted by molar-refractivity contribution is -0.134. The Balaban J connectivity index is 1.84. The molecule has 1 aromatic rings. The fourth-order valence-corrected chi connectivity index (χ4v) is 3.79. The summed E-state index contributed by atoms with van der Waals surface area (Å²) in [5, 5.41) is 24.3. The van der Waals surface area contributed by atoms with Gasteiger partial charge in [0.1, 0.15) is 18.7 Å². The van der Waals surface area contributed by atoms with Crippen LogP contribution in [-0.4, -0.2) is 52.6 Å². The maximum absolute atomic E-state index is 12.5. The minimum Gasteiger partial charge on any atom is -0.391 e. The summed E-state index contributed by atoms with van der Waals surface area (Å²) in [4.78, 5) is 36.5. The van der Waals surface area contributed by atoms with Crippen LogP contribution in [0.2, 0.25) is 5.02 Å². The molecule has 1 aliphatic carbocycles. The Labute approximate surface area is 175 Å². The van der Waals surface area contributed by atoms with Gasteiger partial charge in [0.15, 0.2) is 5.78 Å². The molecule has 0 aliphatic heterocycles. The maximum Gasteiger partial charge on any atom is 0.242 e. The zero-order chi connectivity index (χ0) is 21.6. The van der Waals surface area contributed by atoms with Gasteiger partial charge in [0.2, 0.25) is 11.8 Å². The number of hydrogen-bond donors (Lipinski definition) is 4. The number of rotatable bonds is 8. The van der Waals surface area contributed by atoms with Crippen molar-refractivity contribution in [3.8, 4) is 0 Å². The molecule has 160 valence electrons. The predicted molar refractivity (Wildman–Crippen MR) is 109 cm³/mol. The van der Waals surface area contributed by atoms with E-state index in [2.05, 4.69) is 10.6 Å². The average Bonchev–Trinajstić information content (AvgIpc) is 2.71. The molecule has 7 nitrogen and oxygen atoms in total. The molecular weight excluding hydrogens is 396 g/mol. The Morgan fingerprint density at radius 2 is 1.66 bits per heavy atom. The van der Waals surface area contributed by atoms with E-state index in [1.165, 1.54) is 19.4 Å². The van der Waals surface area contributed by atoms with Crippen LogP contribution in [0.4, 0.5) is 0 Å². The number of ketones is 1. The van der Waals surface area contributed by atoms with Crippen molar-refractivity contribution in [2.24, 2.45) is 5.92 Å². The summed E-state index contributed by atoms with van der Waals surface area (Å²) in [6.07, 6.45) is 2.08. The molecule has 8 heteroatoms. The van der Waals surface area contributed by atoms with E-state index in [1.807, 2.05) is 24.3 Å². The van der Waals surface area contributed by atoms with E-state index < -0.39 is 36.5 Å². The number of aliphatic hydroxyl groups excluding tert-OH is 2. The molecule has 3 atom stereocenters. The largest absolute Gasteiger partial charge is 0.391 e. The lowest BCUT2D eigenvalue weighted by Crippen LogP contribution is -2.55. The minimum atomic E-state index is -1.21. The van der Waals surface area contributed by atoms with E-state index in [0.29, 0.717) is 10.9 Å². The molecule has 1 aromatic carbocycles. The van der Waals surface area contributed by atoms with Crippen LogP contribution < -0.4 is 10.6 Å². The third-order valence-electron chi connectivity index (χ3n) is 5.47. The van der Waals surface area contributed by atoms with Gasteiger partial charge in [-0.05, 0) is 63.1 Å². The first kappa shape index (κ1) is 23.3. The molecular formula is C21H29ClN2O5. The molecule has 1 fully saturated rings. The standard InChI is InChI=1S/C21H29ClN2O5/c1-12(20(28)24-19(13(2)26)18(27)11-25)23-21(29)16-5-3-14(4-6-16)15-7-9-17(22)10-8-15/h7-10,12-14,16,19,25-26H,3-6,11H2,1-2H3,(H,23,29)(H,24,28)/t12-,13+,14?,16?,19-/m0/s1. The third-order valence-corrected chi connectivity index (χ3v) is 5.73. The van der Waals surface area contributed by atoms with Gasteiger partial charge in [0.05, 0.1) is 6.10 Å². The Kier molecular flexibility index (Phi) is 8.61. The first-order valence-corrected chi connectivity index (χ1v) is 10.3. The summed E-state index contributed by atoms with van der Waals surface area (Å²) in [5.41, 5.74) is 1.22. The molecule has 0 unspecified atom stereocenters. The van der Waals surface area contributed by atoms with Gasteiger partial charge in [-0.15, -0.1) is 0 Å². The van der Waals surface area contributed by atoms with E-state index in [-0.39, 0.29) is 11.8 Å². The highest BCUT2D eigenvalue weighted by atomic mass is 35.5. The number of aliphatic hydroxyl groups is 2. The number of nitrogens with one attached hydrogen (secondary N) is 2. The fraction of sp³-hybridized carbons (Fsp3) is 0.571. The van der Waals surface area contributed by atoms with Crippen LogP contribution in [0.3, 0.4) is 0 Å². The molecule has 1 saturated carbocycles. The maximum atomic E-state index is 12.5. The van der Waals surface area contributed by atoms with Gasteiger partial charge in [0.25, 0.3) is 0 Å². The number of Topliss-reactive ketones (excluding diaryl/α,β-unsaturated/α-hetero) is 1. The highest BCUT2D eigenvalue weighted by molar-refractivity contribution is 6.30. The van der Waals surface area contributed by atoms with E-state index in [4.69, 9.17) is 16.7 Å². The lowest BCUT2D eigenvalue weighted by atomic mass is 9.78. The van der Waals surface area contributed by atoms with Gasteiger partial charge in [-0.3, -0.25) is 14.4 Å². The van der Waals surface area contributed by atoms with Crippen LogP contribution in [0, 0.1) is 5.92 Å². The van der Waals surface area contributed by atoms with Crippen LogP contribution in [0.1, 0.15) is 51.0 Å². The monoisotopic (exact) mass is 424 g/mol. The first-order chi connectivity index (χ1) is 13.7. The highest BCUT2D eigenvalue weighted by Gasteiger charge is 2.30. The van der Waals surface area contributed by atoms with E-state index in [1.54, 1.807) is 0 Å². The summed E-state index contributed by atoms with van der Waals surface area (Å²) < 4.78 is 0. The summed E-state index contributed by atoms with van der Waals surface area (Å²) >= 11 is 5.93. The molecule has 1 aliphatic rings. The Hall–Kier alpha value is -1.96.